The van der Waals surface area contributed by atoms with Gasteiger partial charge in [-0.25, -0.2) is 4.79 Å². The number of amides is 2. The van der Waals surface area contributed by atoms with Gasteiger partial charge in [-0.2, -0.15) is 0 Å². The third kappa shape index (κ3) is 2.97. The summed E-state index contributed by atoms with van der Waals surface area (Å²) in [6.07, 6.45) is 2.56. The van der Waals surface area contributed by atoms with E-state index in [4.69, 9.17) is 5.73 Å². The number of hydrogen-bond donors (Lipinski definition) is 1. The van der Waals surface area contributed by atoms with Gasteiger partial charge in [-0.05, 0) is 36.4 Å². The quantitative estimate of drug-likeness (QED) is 0.874. The average Bonchev–Trinajstić information content (AvgIpc) is 2.88. The Morgan fingerprint density at radius 1 is 1.10 bits per heavy atom. The van der Waals surface area contributed by atoms with Crippen molar-refractivity contribution in [2.24, 2.45) is 0 Å². The fourth-order valence-corrected chi connectivity index (χ4v) is 2.48. The highest BCUT2D eigenvalue weighted by atomic mass is 16.2. The van der Waals surface area contributed by atoms with Gasteiger partial charge in [-0.15, -0.1) is 0 Å². The average molecular weight is 282 g/mol. The first-order chi connectivity index (χ1) is 10.2. The van der Waals surface area contributed by atoms with Crippen molar-refractivity contribution < 1.29 is 4.79 Å². The Balaban J connectivity index is 1.62. The van der Waals surface area contributed by atoms with Gasteiger partial charge in [0.05, 0.1) is 0 Å². The number of nitrogens with zero attached hydrogens (tertiary/aromatic N) is 3. The van der Waals surface area contributed by atoms with E-state index < -0.39 is 0 Å². The van der Waals surface area contributed by atoms with Crippen LogP contribution in [0.3, 0.4) is 0 Å². The first-order valence-electron chi connectivity index (χ1n) is 7.06. The Morgan fingerprint density at radius 3 is 2.62 bits per heavy atom. The van der Waals surface area contributed by atoms with Crippen LogP contribution in [0.4, 0.5) is 16.2 Å². The van der Waals surface area contributed by atoms with Crippen LogP contribution in [0.15, 0.2) is 48.7 Å². The number of nitrogen functional groups attached to an aromatic ring is 1. The number of hydrogen-bond acceptors (Lipinski definition) is 3. The van der Waals surface area contributed by atoms with Crippen molar-refractivity contribution in [2.75, 3.05) is 30.3 Å². The number of carbonyl (C=O) groups excluding carboxylic acids is 1. The van der Waals surface area contributed by atoms with Gasteiger partial charge in [0.1, 0.15) is 0 Å². The summed E-state index contributed by atoms with van der Waals surface area (Å²) >= 11 is 0. The third-order valence-corrected chi connectivity index (χ3v) is 3.66. The number of anilines is 2. The lowest BCUT2D eigenvalue weighted by atomic mass is 10.2. The number of benzene rings is 1. The van der Waals surface area contributed by atoms with Crippen LogP contribution in [0.25, 0.3) is 0 Å². The molecule has 1 aromatic carbocycles. The molecule has 1 aliphatic rings. The zero-order chi connectivity index (χ0) is 14.7. The lowest BCUT2D eigenvalue weighted by Gasteiger charge is -2.18. The molecular formula is C16H18N4O. The number of pyridine rings is 1. The second-order valence-electron chi connectivity index (χ2n) is 5.08. The standard InChI is InChI=1S/C16H18N4O/c17-13-4-6-15(7-5-13)20-12-11-19(16(20)21)10-8-14-3-1-2-9-18-14/h1-7,9H,8,10-12,17H2. The second kappa shape index (κ2) is 5.83. The molecular weight excluding hydrogens is 264 g/mol. The van der Waals surface area contributed by atoms with Crippen LogP contribution in [0, 0.1) is 0 Å². The van der Waals surface area contributed by atoms with Gasteiger partial charge in [0, 0.05) is 49.3 Å². The summed E-state index contributed by atoms with van der Waals surface area (Å²) in [7, 11) is 0. The molecule has 0 unspecified atom stereocenters. The molecule has 0 saturated carbocycles. The van der Waals surface area contributed by atoms with Crippen LogP contribution in [0.2, 0.25) is 0 Å². The Morgan fingerprint density at radius 2 is 1.90 bits per heavy atom. The summed E-state index contributed by atoms with van der Waals surface area (Å²) in [5.41, 5.74) is 8.29. The van der Waals surface area contributed by atoms with E-state index >= 15 is 0 Å². The predicted molar refractivity (Wildman–Crippen MR) is 83.1 cm³/mol. The van der Waals surface area contributed by atoms with Gasteiger partial charge in [-0.3, -0.25) is 9.88 Å². The molecule has 2 amide bonds. The maximum absolute atomic E-state index is 12.4. The normalized spacial score (nSPS) is 14.8. The Labute approximate surface area is 124 Å². The highest BCUT2D eigenvalue weighted by molar-refractivity contribution is 5.94. The summed E-state index contributed by atoms with van der Waals surface area (Å²) in [5.74, 6) is 0. The molecule has 5 nitrogen and oxygen atoms in total. The minimum absolute atomic E-state index is 0.0516. The minimum atomic E-state index is 0.0516. The van der Waals surface area contributed by atoms with Gasteiger partial charge in [0.15, 0.2) is 0 Å². The summed E-state index contributed by atoms with van der Waals surface area (Å²) in [6.45, 7) is 2.16. The van der Waals surface area contributed by atoms with Crippen LogP contribution in [0.1, 0.15) is 5.69 Å². The monoisotopic (exact) mass is 282 g/mol. The molecule has 5 heteroatoms. The largest absolute Gasteiger partial charge is 0.399 e. The molecule has 0 bridgehead atoms. The van der Waals surface area contributed by atoms with Crippen LogP contribution in [-0.4, -0.2) is 35.5 Å². The molecule has 1 aliphatic heterocycles. The van der Waals surface area contributed by atoms with Crippen LogP contribution in [-0.2, 0) is 6.42 Å². The lowest BCUT2D eigenvalue weighted by Crippen LogP contribution is -2.33. The van der Waals surface area contributed by atoms with Crippen LogP contribution in [0.5, 0.6) is 0 Å². The molecule has 0 aliphatic carbocycles. The molecule has 1 aromatic heterocycles. The van der Waals surface area contributed by atoms with E-state index in [1.165, 1.54) is 0 Å². The summed E-state index contributed by atoms with van der Waals surface area (Å²) in [4.78, 5) is 20.4. The molecule has 1 saturated heterocycles. The third-order valence-electron chi connectivity index (χ3n) is 3.66. The van der Waals surface area contributed by atoms with Gasteiger partial charge in [-0.1, -0.05) is 6.07 Å². The fraction of sp³-hybridized carbons (Fsp3) is 0.250. The molecule has 21 heavy (non-hydrogen) atoms. The maximum atomic E-state index is 12.4. The van der Waals surface area contributed by atoms with Gasteiger partial charge in [0.2, 0.25) is 0 Å². The van der Waals surface area contributed by atoms with Gasteiger partial charge < -0.3 is 10.6 Å². The highest BCUT2D eigenvalue weighted by Gasteiger charge is 2.28. The van der Waals surface area contributed by atoms with E-state index in [0.717, 1.165) is 24.3 Å². The molecule has 2 N–H and O–H groups in total. The topological polar surface area (TPSA) is 62.5 Å². The van der Waals surface area contributed by atoms with Crippen molar-refractivity contribution in [2.45, 2.75) is 6.42 Å². The van der Waals surface area contributed by atoms with Crippen molar-refractivity contribution in [1.29, 1.82) is 0 Å². The zero-order valence-corrected chi connectivity index (χ0v) is 11.8. The van der Waals surface area contributed by atoms with Crippen molar-refractivity contribution in [1.82, 2.24) is 9.88 Å². The smallest absolute Gasteiger partial charge is 0.324 e. The molecule has 3 rings (SSSR count). The van der Waals surface area contributed by atoms with Crippen molar-refractivity contribution in [3.8, 4) is 0 Å². The summed E-state index contributed by atoms with van der Waals surface area (Å²) in [5, 5.41) is 0. The number of nitrogens with two attached hydrogens (primary N) is 1. The molecule has 0 spiro atoms. The van der Waals surface area contributed by atoms with Crippen molar-refractivity contribution in [3.63, 3.8) is 0 Å². The Bertz CT molecular complexity index is 612. The van der Waals surface area contributed by atoms with E-state index in [9.17, 15) is 4.79 Å². The van der Waals surface area contributed by atoms with E-state index in [2.05, 4.69) is 4.98 Å². The van der Waals surface area contributed by atoms with Crippen LogP contribution < -0.4 is 10.6 Å². The van der Waals surface area contributed by atoms with Gasteiger partial charge >= 0.3 is 6.03 Å². The molecule has 108 valence electrons. The number of urea groups is 1. The van der Waals surface area contributed by atoms with Crippen molar-refractivity contribution >= 4 is 17.4 Å². The Hall–Kier alpha value is -2.56. The molecule has 2 heterocycles. The lowest BCUT2D eigenvalue weighted by molar-refractivity contribution is 0.221. The summed E-state index contributed by atoms with van der Waals surface area (Å²) in [6, 6.07) is 13.3. The molecule has 2 aromatic rings. The molecule has 0 atom stereocenters. The minimum Gasteiger partial charge on any atom is -0.399 e. The van der Waals surface area contributed by atoms with E-state index in [-0.39, 0.29) is 6.03 Å². The zero-order valence-electron chi connectivity index (χ0n) is 11.8. The maximum Gasteiger partial charge on any atom is 0.324 e. The first kappa shape index (κ1) is 13.4. The SMILES string of the molecule is Nc1ccc(N2CCN(CCc3ccccn3)C2=O)cc1. The number of rotatable bonds is 4. The van der Waals surface area contributed by atoms with E-state index in [1.54, 1.807) is 11.1 Å². The molecule has 1 fully saturated rings. The second-order valence-corrected chi connectivity index (χ2v) is 5.08. The van der Waals surface area contributed by atoms with Crippen molar-refractivity contribution in [3.05, 3.63) is 54.4 Å². The van der Waals surface area contributed by atoms with E-state index in [0.29, 0.717) is 18.8 Å². The van der Waals surface area contributed by atoms with Crippen LogP contribution >= 0.6 is 0 Å². The number of carbonyl (C=O) groups is 1. The highest BCUT2D eigenvalue weighted by Crippen LogP contribution is 2.21. The van der Waals surface area contributed by atoms with E-state index in [1.807, 2.05) is 47.4 Å². The van der Waals surface area contributed by atoms with Gasteiger partial charge in [0.25, 0.3) is 0 Å². The Kier molecular flexibility index (Phi) is 3.73. The summed E-state index contributed by atoms with van der Waals surface area (Å²) < 4.78 is 0. The molecule has 0 radical (unpaired) electrons. The number of aromatic nitrogens is 1. The first-order valence-corrected chi connectivity index (χ1v) is 7.06. The predicted octanol–water partition coefficient (Wildman–Crippen LogP) is 2.15. The fourth-order valence-electron chi connectivity index (χ4n) is 2.48.